The fourth-order valence-electron chi connectivity index (χ4n) is 5.19. The maximum Gasteiger partial charge on any atom is 0.408 e. The first-order chi connectivity index (χ1) is 20.4. The normalized spacial score (nSPS) is 15.5. The lowest BCUT2D eigenvalue weighted by Gasteiger charge is -2.24. The van der Waals surface area contributed by atoms with Crippen LogP contribution in [0.2, 0.25) is 0 Å². The summed E-state index contributed by atoms with van der Waals surface area (Å²) in [4.78, 5) is 25.8. The Kier molecular flexibility index (Phi) is 10.3. The minimum Gasteiger partial charge on any atom is -0.481 e. The Morgan fingerprint density at radius 1 is 1.12 bits per heavy atom. The summed E-state index contributed by atoms with van der Waals surface area (Å²) in [5.41, 5.74) is 4.05. The van der Waals surface area contributed by atoms with Crippen LogP contribution in [0.1, 0.15) is 63.3 Å². The van der Waals surface area contributed by atoms with E-state index in [2.05, 4.69) is 10.6 Å². The summed E-state index contributed by atoms with van der Waals surface area (Å²) in [5.74, 6) is -1.31. The zero-order valence-corrected chi connectivity index (χ0v) is 25.6. The van der Waals surface area contributed by atoms with Crippen molar-refractivity contribution in [3.8, 4) is 11.1 Å². The van der Waals surface area contributed by atoms with Crippen molar-refractivity contribution in [2.45, 2.75) is 71.2 Å². The van der Waals surface area contributed by atoms with E-state index in [1.165, 1.54) is 0 Å². The standard InChI is InChI=1S/C34H42FN3O5/c1-22(37-33(41)43-34(2,3)4)29-13-8-14-30(32(29)35)25-16-26(36-20-28-12-9-15-42-28)19-27(17-25)38(5)21-24-11-7-6-10-23(24)18-31(39)40/h6-8,10-11,13-14,16-17,19,22,28,36H,9,12,15,18,20-21H2,1-5H3,(H,37,41)(H,39,40). The van der Waals surface area contributed by atoms with Crippen LogP contribution in [0, 0.1) is 5.82 Å². The number of alkyl carbamates (subject to hydrolysis) is 1. The Labute approximate surface area is 253 Å². The number of ether oxygens (including phenoxy) is 2. The van der Waals surface area contributed by atoms with E-state index < -0.39 is 29.5 Å². The molecule has 230 valence electrons. The molecule has 43 heavy (non-hydrogen) atoms. The van der Waals surface area contributed by atoms with Gasteiger partial charge in [0.1, 0.15) is 11.4 Å². The van der Waals surface area contributed by atoms with Gasteiger partial charge in [0, 0.05) is 49.2 Å². The van der Waals surface area contributed by atoms with E-state index in [1.807, 2.05) is 54.4 Å². The van der Waals surface area contributed by atoms with Crippen LogP contribution in [0.15, 0.2) is 60.7 Å². The van der Waals surface area contributed by atoms with Crippen molar-refractivity contribution in [1.29, 1.82) is 0 Å². The number of halogens is 1. The van der Waals surface area contributed by atoms with Crippen molar-refractivity contribution in [1.82, 2.24) is 5.32 Å². The molecule has 0 aromatic heterocycles. The number of rotatable bonds is 11. The Balaban J connectivity index is 1.66. The zero-order valence-electron chi connectivity index (χ0n) is 25.6. The summed E-state index contributed by atoms with van der Waals surface area (Å²) < 4.78 is 27.3. The molecule has 0 aliphatic carbocycles. The number of nitrogens with zero attached hydrogens (tertiary/aromatic N) is 1. The molecule has 0 saturated carbocycles. The first-order valence-electron chi connectivity index (χ1n) is 14.7. The van der Waals surface area contributed by atoms with Crippen LogP contribution in [0.5, 0.6) is 0 Å². The average Bonchev–Trinajstić information content (AvgIpc) is 3.45. The van der Waals surface area contributed by atoms with Gasteiger partial charge in [-0.05, 0) is 75.4 Å². The molecule has 4 rings (SSSR count). The number of carboxylic acids is 1. The number of nitrogens with one attached hydrogen (secondary N) is 2. The van der Waals surface area contributed by atoms with Crippen molar-refractivity contribution in [3.05, 3.63) is 83.2 Å². The van der Waals surface area contributed by atoms with Crippen molar-refractivity contribution < 1.29 is 28.6 Å². The number of carbonyl (C=O) groups is 2. The van der Waals surface area contributed by atoms with Crippen LogP contribution in [0.4, 0.5) is 20.6 Å². The van der Waals surface area contributed by atoms with E-state index in [0.717, 1.165) is 42.0 Å². The number of benzene rings is 3. The lowest BCUT2D eigenvalue weighted by molar-refractivity contribution is -0.136. The van der Waals surface area contributed by atoms with Crippen LogP contribution < -0.4 is 15.5 Å². The van der Waals surface area contributed by atoms with Gasteiger partial charge in [-0.2, -0.15) is 0 Å². The molecule has 3 aromatic rings. The summed E-state index contributed by atoms with van der Waals surface area (Å²) in [7, 11) is 1.93. The maximum absolute atomic E-state index is 16.1. The average molecular weight is 592 g/mol. The third-order valence-corrected chi connectivity index (χ3v) is 7.32. The summed E-state index contributed by atoms with van der Waals surface area (Å²) in [6.45, 7) is 8.90. The first kappa shape index (κ1) is 31.8. The summed E-state index contributed by atoms with van der Waals surface area (Å²) >= 11 is 0. The lowest BCUT2D eigenvalue weighted by Crippen LogP contribution is -2.34. The predicted molar refractivity (Wildman–Crippen MR) is 167 cm³/mol. The van der Waals surface area contributed by atoms with Crippen LogP contribution >= 0.6 is 0 Å². The van der Waals surface area contributed by atoms with E-state index in [4.69, 9.17) is 9.47 Å². The third kappa shape index (κ3) is 8.94. The summed E-state index contributed by atoms with van der Waals surface area (Å²) in [6, 6.07) is 17.9. The van der Waals surface area contributed by atoms with Gasteiger partial charge in [0.05, 0.1) is 18.6 Å². The van der Waals surface area contributed by atoms with Crippen molar-refractivity contribution in [2.75, 3.05) is 30.4 Å². The van der Waals surface area contributed by atoms with E-state index in [0.29, 0.717) is 29.8 Å². The SMILES string of the molecule is CC(NC(=O)OC(C)(C)C)c1cccc(-c2cc(NCC3CCCO3)cc(N(C)Cc3ccccc3CC(=O)O)c2)c1F. The van der Waals surface area contributed by atoms with Crippen molar-refractivity contribution in [3.63, 3.8) is 0 Å². The Morgan fingerprint density at radius 3 is 2.53 bits per heavy atom. The topological polar surface area (TPSA) is 100 Å². The molecule has 1 fully saturated rings. The number of carboxylic acid groups (broad SMARTS) is 1. The van der Waals surface area contributed by atoms with E-state index in [1.54, 1.807) is 45.9 Å². The lowest BCUT2D eigenvalue weighted by atomic mass is 9.97. The highest BCUT2D eigenvalue weighted by molar-refractivity contribution is 5.76. The van der Waals surface area contributed by atoms with Gasteiger partial charge in [-0.3, -0.25) is 4.79 Å². The number of amides is 1. The van der Waals surface area contributed by atoms with Gasteiger partial charge in [-0.25, -0.2) is 9.18 Å². The molecule has 2 unspecified atom stereocenters. The van der Waals surface area contributed by atoms with Crippen LogP contribution in [-0.2, 0) is 27.2 Å². The molecule has 0 radical (unpaired) electrons. The molecule has 9 heteroatoms. The summed E-state index contributed by atoms with van der Waals surface area (Å²) in [5, 5.41) is 15.6. The minimum absolute atomic E-state index is 0.0637. The molecule has 1 aliphatic heterocycles. The zero-order chi connectivity index (χ0) is 31.1. The molecule has 1 saturated heterocycles. The van der Waals surface area contributed by atoms with Crippen molar-refractivity contribution >= 4 is 23.4 Å². The quantitative estimate of drug-likeness (QED) is 0.222. The number of hydrogen-bond donors (Lipinski definition) is 3. The van der Waals surface area contributed by atoms with Crippen LogP contribution in [0.3, 0.4) is 0 Å². The molecule has 2 atom stereocenters. The van der Waals surface area contributed by atoms with Gasteiger partial charge in [0.2, 0.25) is 0 Å². The number of carbonyl (C=O) groups excluding carboxylic acids is 1. The van der Waals surface area contributed by atoms with E-state index in [-0.39, 0.29) is 12.5 Å². The number of hydrogen-bond acceptors (Lipinski definition) is 6. The molecular formula is C34H42FN3O5. The molecular weight excluding hydrogens is 549 g/mol. The molecule has 0 bridgehead atoms. The second-order valence-corrected chi connectivity index (χ2v) is 12.1. The largest absolute Gasteiger partial charge is 0.481 e. The smallest absolute Gasteiger partial charge is 0.408 e. The van der Waals surface area contributed by atoms with Gasteiger partial charge < -0.3 is 30.1 Å². The molecule has 3 aromatic carbocycles. The Morgan fingerprint density at radius 2 is 1.86 bits per heavy atom. The fraction of sp³-hybridized carbons (Fsp3) is 0.412. The van der Waals surface area contributed by atoms with Gasteiger partial charge >= 0.3 is 12.1 Å². The number of anilines is 2. The number of aliphatic carboxylic acids is 1. The Hall–Kier alpha value is -4.11. The highest BCUT2D eigenvalue weighted by Gasteiger charge is 2.22. The summed E-state index contributed by atoms with van der Waals surface area (Å²) in [6.07, 6.45) is 1.46. The fourth-order valence-corrected chi connectivity index (χ4v) is 5.19. The Bertz CT molecular complexity index is 1430. The van der Waals surface area contributed by atoms with Gasteiger partial charge in [-0.15, -0.1) is 0 Å². The van der Waals surface area contributed by atoms with Gasteiger partial charge in [-0.1, -0.05) is 42.5 Å². The molecule has 1 aliphatic rings. The van der Waals surface area contributed by atoms with E-state index in [9.17, 15) is 14.7 Å². The minimum atomic E-state index is -0.886. The molecule has 0 spiro atoms. The second-order valence-electron chi connectivity index (χ2n) is 12.1. The maximum atomic E-state index is 16.1. The van der Waals surface area contributed by atoms with Crippen molar-refractivity contribution in [2.24, 2.45) is 0 Å². The first-order valence-corrected chi connectivity index (χ1v) is 14.7. The van der Waals surface area contributed by atoms with Gasteiger partial charge in [0.25, 0.3) is 0 Å². The van der Waals surface area contributed by atoms with E-state index >= 15 is 4.39 Å². The molecule has 1 heterocycles. The van der Waals surface area contributed by atoms with Crippen LogP contribution in [0.25, 0.3) is 11.1 Å². The predicted octanol–water partition coefficient (Wildman–Crippen LogP) is 6.93. The highest BCUT2D eigenvalue weighted by Crippen LogP contribution is 2.34. The van der Waals surface area contributed by atoms with Gasteiger partial charge in [0.15, 0.2) is 0 Å². The molecule has 8 nitrogen and oxygen atoms in total. The molecule has 1 amide bonds. The molecule has 3 N–H and O–H groups in total. The second kappa shape index (κ2) is 13.9. The highest BCUT2D eigenvalue weighted by atomic mass is 19.1. The monoisotopic (exact) mass is 591 g/mol. The third-order valence-electron chi connectivity index (χ3n) is 7.32. The van der Waals surface area contributed by atoms with Crippen LogP contribution in [-0.4, -0.2) is 49.1 Å².